The molecule has 1 aromatic rings. The molecule has 0 aliphatic rings. The van der Waals surface area contributed by atoms with Gasteiger partial charge in [0, 0.05) is 17.2 Å². The van der Waals surface area contributed by atoms with Crippen molar-refractivity contribution in [3.8, 4) is 0 Å². The average Bonchev–Trinajstić information content (AvgIpc) is 2.35. The van der Waals surface area contributed by atoms with Crippen LogP contribution >= 0.6 is 11.8 Å². The summed E-state index contributed by atoms with van der Waals surface area (Å²) in [6.45, 7) is 7.93. The van der Waals surface area contributed by atoms with Gasteiger partial charge in [-0.3, -0.25) is 0 Å². The summed E-state index contributed by atoms with van der Waals surface area (Å²) < 4.78 is 0. The Morgan fingerprint density at radius 2 is 1.88 bits per heavy atom. The quantitative estimate of drug-likeness (QED) is 0.733. The van der Waals surface area contributed by atoms with Crippen molar-refractivity contribution in [2.75, 3.05) is 12.3 Å². The van der Waals surface area contributed by atoms with Crippen molar-refractivity contribution in [1.29, 1.82) is 0 Å². The molecule has 1 rings (SSSR count). The lowest BCUT2D eigenvalue weighted by atomic mass is 10.1. The van der Waals surface area contributed by atoms with Crippen LogP contribution in [0.1, 0.15) is 32.8 Å². The molecule has 2 nitrogen and oxygen atoms in total. The molecule has 0 aliphatic carbocycles. The molecule has 0 saturated carbocycles. The second-order valence-corrected chi connectivity index (χ2v) is 5.61. The summed E-state index contributed by atoms with van der Waals surface area (Å²) in [6, 6.07) is 8.55. The van der Waals surface area contributed by atoms with Crippen LogP contribution in [0.3, 0.4) is 0 Å². The molecule has 0 spiro atoms. The molecule has 0 aliphatic heterocycles. The lowest BCUT2D eigenvalue weighted by molar-refractivity contribution is 0.0816. The smallest absolute Gasteiger partial charge is 0.0710 e. The van der Waals surface area contributed by atoms with Crippen molar-refractivity contribution >= 4 is 11.8 Å². The van der Waals surface area contributed by atoms with Crippen LogP contribution in [0.15, 0.2) is 29.2 Å². The Kier molecular flexibility index (Phi) is 6.03. The third-order valence-electron chi connectivity index (χ3n) is 2.81. The normalized spacial score (nSPS) is 14.6. The number of thioether (sulfide) groups is 1. The Balaban J connectivity index is 2.45. The zero-order valence-electron chi connectivity index (χ0n) is 11.0. The summed E-state index contributed by atoms with van der Waals surface area (Å²) in [6.07, 6.45) is 0.790. The molecule has 0 fully saturated rings. The van der Waals surface area contributed by atoms with Crippen molar-refractivity contribution in [2.24, 2.45) is 0 Å². The third kappa shape index (κ3) is 5.57. The number of benzene rings is 1. The SMILES string of the molecule is CCNCc1ccc(SCC(C)(O)CC)cc1. The number of rotatable bonds is 7. The van der Waals surface area contributed by atoms with E-state index in [9.17, 15) is 5.11 Å². The molecule has 1 unspecified atom stereocenters. The molecule has 17 heavy (non-hydrogen) atoms. The molecule has 2 N–H and O–H groups in total. The first kappa shape index (κ1) is 14.6. The Labute approximate surface area is 109 Å². The molecule has 0 saturated heterocycles. The molecular formula is C14H23NOS. The maximum Gasteiger partial charge on any atom is 0.0710 e. The molecule has 96 valence electrons. The van der Waals surface area contributed by atoms with Crippen LogP contribution in [0.5, 0.6) is 0 Å². The van der Waals surface area contributed by atoms with Crippen LogP contribution in [-0.2, 0) is 6.54 Å². The van der Waals surface area contributed by atoms with E-state index >= 15 is 0 Å². The van der Waals surface area contributed by atoms with Gasteiger partial charge in [0.05, 0.1) is 5.60 Å². The van der Waals surface area contributed by atoms with Crippen LogP contribution in [0, 0.1) is 0 Å². The van der Waals surface area contributed by atoms with Crippen molar-refractivity contribution in [1.82, 2.24) is 5.32 Å². The predicted molar refractivity (Wildman–Crippen MR) is 75.5 cm³/mol. The lowest BCUT2D eigenvalue weighted by Crippen LogP contribution is -2.25. The monoisotopic (exact) mass is 253 g/mol. The Morgan fingerprint density at radius 1 is 1.24 bits per heavy atom. The topological polar surface area (TPSA) is 32.3 Å². The fourth-order valence-corrected chi connectivity index (χ4v) is 2.32. The second-order valence-electron chi connectivity index (χ2n) is 4.56. The molecule has 0 heterocycles. The predicted octanol–water partition coefficient (Wildman–Crippen LogP) is 3.05. The van der Waals surface area contributed by atoms with Gasteiger partial charge in [0.2, 0.25) is 0 Å². The van der Waals surface area contributed by atoms with E-state index in [-0.39, 0.29) is 0 Å². The van der Waals surface area contributed by atoms with Gasteiger partial charge in [0.15, 0.2) is 0 Å². The summed E-state index contributed by atoms with van der Waals surface area (Å²) in [4.78, 5) is 1.22. The largest absolute Gasteiger partial charge is 0.389 e. The minimum Gasteiger partial charge on any atom is -0.389 e. The van der Waals surface area contributed by atoms with Gasteiger partial charge in [-0.2, -0.15) is 0 Å². The van der Waals surface area contributed by atoms with E-state index in [0.717, 1.165) is 25.3 Å². The van der Waals surface area contributed by atoms with Gasteiger partial charge in [0.1, 0.15) is 0 Å². The van der Waals surface area contributed by atoms with E-state index in [1.165, 1.54) is 10.5 Å². The van der Waals surface area contributed by atoms with Crippen molar-refractivity contribution in [3.05, 3.63) is 29.8 Å². The van der Waals surface area contributed by atoms with E-state index in [1.54, 1.807) is 11.8 Å². The summed E-state index contributed by atoms with van der Waals surface area (Å²) in [5.74, 6) is 0.746. The summed E-state index contributed by atoms with van der Waals surface area (Å²) >= 11 is 1.71. The van der Waals surface area contributed by atoms with Gasteiger partial charge in [-0.1, -0.05) is 26.0 Å². The number of hydrogen-bond donors (Lipinski definition) is 2. The zero-order chi connectivity index (χ0) is 12.7. The zero-order valence-corrected chi connectivity index (χ0v) is 11.8. The average molecular weight is 253 g/mol. The maximum absolute atomic E-state index is 9.92. The molecule has 0 aromatic heterocycles. The molecule has 1 aromatic carbocycles. The summed E-state index contributed by atoms with van der Waals surface area (Å²) in [7, 11) is 0. The summed E-state index contributed by atoms with van der Waals surface area (Å²) in [5, 5.41) is 13.2. The molecule has 0 amide bonds. The van der Waals surface area contributed by atoms with Crippen LogP contribution in [0.4, 0.5) is 0 Å². The fourth-order valence-electron chi connectivity index (χ4n) is 1.31. The van der Waals surface area contributed by atoms with Crippen molar-refractivity contribution in [2.45, 2.75) is 44.2 Å². The van der Waals surface area contributed by atoms with Gasteiger partial charge in [-0.05, 0) is 37.6 Å². The second kappa shape index (κ2) is 7.04. The number of nitrogens with one attached hydrogen (secondary N) is 1. The highest BCUT2D eigenvalue weighted by atomic mass is 32.2. The Hall–Kier alpha value is -0.510. The van der Waals surface area contributed by atoms with E-state index in [4.69, 9.17) is 0 Å². The van der Waals surface area contributed by atoms with E-state index in [1.807, 2.05) is 13.8 Å². The third-order valence-corrected chi connectivity index (χ3v) is 4.19. The van der Waals surface area contributed by atoms with Crippen LogP contribution in [0.2, 0.25) is 0 Å². The molecular weight excluding hydrogens is 230 g/mol. The van der Waals surface area contributed by atoms with Crippen LogP contribution < -0.4 is 5.32 Å². The van der Waals surface area contributed by atoms with Crippen molar-refractivity contribution in [3.63, 3.8) is 0 Å². The first-order valence-electron chi connectivity index (χ1n) is 6.22. The van der Waals surface area contributed by atoms with Gasteiger partial charge < -0.3 is 10.4 Å². The molecule has 1 atom stereocenters. The molecule has 0 bridgehead atoms. The first-order chi connectivity index (χ1) is 8.07. The van der Waals surface area contributed by atoms with Gasteiger partial charge in [-0.15, -0.1) is 11.8 Å². The van der Waals surface area contributed by atoms with E-state index < -0.39 is 5.60 Å². The van der Waals surface area contributed by atoms with Crippen LogP contribution in [0.25, 0.3) is 0 Å². The minimum atomic E-state index is -0.562. The highest BCUT2D eigenvalue weighted by Crippen LogP contribution is 2.24. The van der Waals surface area contributed by atoms with E-state index in [2.05, 4.69) is 36.5 Å². The van der Waals surface area contributed by atoms with Gasteiger partial charge >= 0.3 is 0 Å². The Morgan fingerprint density at radius 3 is 2.41 bits per heavy atom. The highest BCUT2D eigenvalue weighted by molar-refractivity contribution is 7.99. The Bertz CT molecular complexity index is 321. The number of hydrogen-bond acceptors (Lipinski definition) is 3. The standard InChI is InChI=1S/C14H23NOS/c1-4-14(3,16)11-17-13-8-6-12(7-9-13)10-15-5-2/h6-9,15-16H,4-5,10-11H2,1-3H3. The maximum atomic E-state index is 9.92. The van der Waals surface area contributed by atoms with Crippen LogP contribution in [-0.4, -0.2) is 23.0 Å². The summed E-state index contributed by atoms with van der Waals surface area (Å²) in [5.41, 5.74) is 0.742. The highest BCUT2D eigenvalue weighted by Gasteiger charge is 2.17. The molecule has 0 radical (unpaired) electrons. The fraction of sp³-hybridized carbons (Fsp3) is 0.571. The van der Waals surface area contributed by atoms with Gasteiger partial charge in [0.25, 0.3) is 0 Å². The lowest BCUT2D eigenvalue weighted by Gasteiger charge is -2.20. The minimum absolute atomic E-state index is 0.562. The van der Waals surface area contributed by atoms with Crippen molar-refractivity contribution < 1.29 is 5.11 Å². The first-order valence-corrected chi connectivity index (χ1v) is 7.21. The van der Waals surface area contributed by atoms with E-state index in [0.29, 0.717) is 0 Å². The van der Waals surface area contributed by atoms with Gasteiger partial charge in [-0.25, -0.2) is 0 Å². The number of aliphatic hydroxyl groups is 1. The molecule has 3 heteroatoms.